The Bertz CT molecular complexity index is 835. The van der Waals surface area contributed by atoms with Gasteiger partial charge in [0, 0.05) is 26.7 Å². The molecule has 0 aromatic carbocycles. The molecule has 2 bridgehead atoms. The van der Waals surface area contributed by atoms with E-state index in [4.69, 9.17) is 21.1 Å². The maximum Gasteiger partial charge on any atom is 0.272 e. The molecule has 3 aliphatic heterocycles. The largest absolute Gasteiger partial charge is 0.383 e. The summed E-state index contributed by atoms with van der Waals surface area (Å²) in [5.41, 5.74) is -0.632. The SMILES string of the molecule is COCCN1C[C@@]23CN(C(=O)c4cccc(Cl)n4)C[C@@H](C[C@@H]2S1(=O)=O)O3. The molecule has 3 saturated heterocycles. The Balaban J connectivity index is 1.59. The number of amides is 1. The number of halogens is 1. The summed E-state index contributed by atoms with van der Waals surface area (Å²) in [6.45, 7) is 1.44. The molecule has 10 heteroatoms. The van der Waals surface area contributed by atoms with Gasteiger partial charge in [-0.25, -0.2) is 13.4 Å². The molecule has 3 aliphatic rings. The summed E-state index contributed by atoms with van der Waals surface area (Å²) >= 11 is 5.89. The highest BCUT2D eigenvalue weighted by Gasteiger charge is 2.65. The zero-order valence-electron chi connectivity index (χ0n) is 14.3. The summed E-state index contributed by atoms with van der Waals surface area (Å²) in [6, 6.07) is 4.88. The third-order valence-electron chi connectivity index (χ3n) is 5.28. The number of rotatable bonds is 4. The lowest BCUT2D eigenvalue weighted by Gasteiger charge is -2.39. The number of pyridine rings is 1. The summed E-state index contributed by atoms with van der Waals surface area (Å²) in [5.74, 6) is -0.256. The third kappa shape index (κ3) is 2.82. The van der Waals surface area contributed by atoms with E-state index < -0.39 is 20.9 Å². The zero-order valence-corrected chi connectivity index (χ0v) is 15.9. The minimum Gasteiger partial charge on any atom is -0.383 e. The van der Waals surface area contributed by atoms with Gasteiger partial charge in [-0.05, 0) is 18.6 Å². The van der Waals surface area contributed by atoms with E-state index in [9.17, 15) is 13.2 Å². The van der Waals surface area contributed by atoms with Gasteiger partial charge >= 0.3 is 0 Å². The van der Waals surface area contributed by atoms with Crippen LogP contribution in [0.15, 0.2) is 18.2 Å². The van der Waals surface area contributed by atoms with Gasteiger partial charge < -0.3 is 14.4 Å². The molecule has 0 unspecified atom stereocenters. The molecule has 142 valence electrons. The lowest BCUT2D eigenvalue weighted by atomic mass is 9.99. The molecule has 1 aromatic heterocycles. The molecule has 1 aromatic rings. The first-order valence-corrected chi connectivity index (χ1v) is 10.3. The Hall–Kier alpha value is -1.26. The van der Waals surface area contributed by atoms with Gasteiger partial charge in [-0.2, -0.15) is 4.31 Å². The lowest BCUT2D eigenvalue weighted by Crippen LogP contribution is -2.56. The first-order valence-electron chi connectivity index (χ1n) is 8.43. The van der Waals surface area contributed by atoms with E-state index in [0.29, 0.717) is 19.6 Å². The second-order valence-electron chi connectivity index (χ2n) is 6.93. The predicted octanol–water partition coefficient (Wildman–Crippen LogP) is 0.379. The molecule has 1 spiro atoms. The van der Waals surface area contributed by atoms with Crippen LogP contribution in [-0.2, 0) is 19.5 Å². The highest BCUT2D eigenvalue weighted by Crippen LogP contribution is 2.46. The fourth-order valence-corrected chi connectivity index (χ4v) is 6.64. The fraction of sp³-hybridized carbons (Fsp3) is 0.625. The Morgan fingerprint density at radius 3 is 3.00 bits per heavy atom. The van der Waals surface area contributed by atoms with E-state index in [1.54, 1.807) is 23.1 Å². The lowest BCUT2D eigenvalue weighted by molar-refractivity contribution is -0.0982. The molecule has 0 saturated carbocycles. The van der Waals surface area contributed by atoms with Gasteiger partial charge in [-0.3, -0.25) is 4.79 Å². The monoisotopic (exact) mass is 401 g/mol. The summed E-state index contributed by atoms with van der Waals surface area (Å²) < 4.78 is 38.3. The summed E-state index contributed by atoms with van der Waals surface area (Å²) in [4.78, 5) is 18.6. The van der Waals surface area contributed by atoms with Crippen LogP contribution in [0.25, 0.3) is 0 Å². The van der Waals surface area contributed by atoms with Crippen molar-refractivity contribution in [3.63, 3.8) is 0 Å². The van der Waals surface area contributed by atoms with Crippen molar-refractivity contribution in [3.8, 4) is 0 Å². The van der Waals surface area contributed by atoms with E-state index in [2.05, 4.69) is 4.98 Å². The number of ether oxygens (including phenoxy) is 2. The molecule has 3 fully saturated rings. The summed E-state index contributed by atoms with van der Waals surface area (Å²) in [7, 11) is -1.93. The van der Waals surface area contributed by atoms with Crippen LogP contribution in [0.2, 0.25) is 5.15 Å². The Kier molecular flexibility index (Phi) is 4.47. The molecular weight excluding hydrogens is 382 g/mol. The van der Waals surface area contributed by atoms with Crippen LogP contribution in [-0.4, -0.2) is 85.4 Å². The fourth-order valence-electron chi connectivity index (χ4n) is 4.19. The molecular formula is C16H20ClN3O5S. The number of nitrogens with zero attached hydrogens (tertiary/aromatic N) is 3. The highest BCUT2D eigenvalue weighted by atomic mass is 35.5. The van der Waals surface area contributed by atoms with Gasteiger partial charge in [-0.1, -0.05) is 17.7 Å². The first-order chi connectivity index (χ1) is 12.4. The van der Waals surface area contributed by atoms with E-state index in [0.717, 1.165) is 0 Å². The third-order valence-corrected chi connectivity index (χ3v) is 7.86. The molecule has 4 heterocycles. The van der Waals surface area contributed by atoms with Crippen molar-refractivity contribution in [2.24, 2.45) is 0 Å². The molecule has 0 radical (unpaired) electrons. The standard InChI is InChI=1S/C16H20ClN3O5S/c1-24-6-5-20-10-16-9-19(15(21)12-3-2-4-14(17)18-12)8-11(25-16)7-13(16)26(20,22)23/h2-4,11,13H,5-10H2,1H3/t11-,13+,16+/m1/s1. The van der Waals surface area contributed by atoms with Gasteiger partial charge in [0.15, 0.2) is 0 Å². The zero-order chi connectivity index (χ0) is 18.5. The molecule has 8 nitrogen and oxygen atoms in total. The van der Waals surface area contributed by atoms with E-state index in [1.165, 1.54) is 11.4 Å². The average Bonchev–Trinajstić information content (AvgIpc) is 2.98. The first kappa shape index (κ1) is 18.1. The second-order valence-corrected chi connectivity index (χ2v) is 9.43. The van der Waals surface area contributed by atoms with Gasteiger partial charge in [0.25, 0.3) is 5.91 Å². The minimum atomic E-state index is -3.47. The Morgan fingerprint density at radius 1 is 1.46 bits per heavy atom. The van der Waals surface area contributed by atoms with E-state index in [1.807, 2.05) is 0 Å². The number of hydrogen-bond donors (Lipinski definition) is 0. The molecule has 3 atom stereocenters. The summed E-state index contributed by atoms with van der Waals surface area (Å²) in [5, 5.41) is -0.376. The average molecular weight is 402 g/mol. The van der Waals surface area contributed by atoms with Gasteiger partial charge in [0.2, 0.25) is 10.0 Å². The van der Waals surface area contributed by atoms with E-state index in [-0.39, 0.29) is 42.5 Å². The molecule has 0 aliphatic carbocycles. The highest BCUT2D eigenvalue weighted by molar-refractivity contribution is 7.90. The van der Waals surface area contributed by atoms with Gasteiger partial charge in [-0.15, -0.1) is 0 Å². The molecule has 0 N–H and O–H groups in total. The van der Waals surface area contributed by atoms with Crippen molar-refractivity contribution in [2.75, 3.05) is 39.9 Å². The smallest absolute Gasteiger partial charge is 0.272 e. The Morgan fingerprint density at radius 2 is 2.27 bits per heavy atom. The van der Waals surface area contributed by atoms with Crippen LogP contribution < -0.4 is 0 Å². The molecule has 26 heavy (non-hydrogen) atoms. The normalized spacial score (nSPS) is 32.6. The number of hydrogen-bond acceptors (Lipinski definition) is 6. The van der Waals surface area contributed by atoms with Crippen molar-refractivity contribution in [2.45, 2.75) is 23.4 Å². The second kappa shape index (κ2) is 6.42. The van der Waals surface area contributed by atoms with Gasteiger partial charge in [0.1, 0.15) is 21.7 Å². The van der Waals surface area contributed by atoms with Crippen molar-refractivity contribution in [1.29, 1.82) is 0 Å². The van der Waals surface area contributed by atoms with Crippen LogP contribution in [0.5, 0.6) is 0 Å². The maximum absolute atomic E-state index is 12.9. The van der Waals surface area contributed by atoms with Crippen molar-refractivity contribution >= 4 is 27.5 Å². The topological polar surface area (TPSA) is 89.0 Å². The number of sulfonamides is 1. The number of aromatic nitrogens is 1. The van der Waals surface area contributed by atoms with Crippen molar-refractivity contribution in [1.82, 2.24) is 14.2 Å². The number of fused-ring (bicyclic) bond motifs is 1. The molecule has 4 rings (SSSR count). The Labute approximate surface area is 157 Å². The number of likely N-dealkylation sites (tertiary alicyclic amines) is 1. The van der Waals surface area contributed by atoms with Crippen LogP contribution >= 0.6 is 11.6 Å². The summed E-state index contributed by atoms with van der Waals surface area (Å²) in [6.07, 6.45) is 0.120. The van der Waals surface area contributed by atoms with Crippen molar-refractivity contribution < 1.29 is 22.7 Å². The number of carbonyl (C=O) groups excluding carboxylic acids is 1. The number of carbonyl (C=O) groups is 1. The maximum atomic E-state index is 12.9. The number of morpholine rings is 1. The minimum absolute atomic E-state index is 0.226. The van der Waals surface area contributed by atoms with Crippen LogP contribution in [0.3, 0.4) is 0 Å². The quantitative estimate of drug-likeness (QED) is 0.677. The van der Waals surface area contributed by atoms with Crippen LogP contribution in [0, 0.1) is 0 Å². The van der Waals surface area contributed by atoms with E-state index >= 15 is 0 Å². The van der Waals surface area contributed by atoms with Gasteiger partial charge in [0.05, 0.1) is 19.3 Å². The van der Waals surface area contributed by atoms with Crippen molar-refractivity contribution in [3.05, 3.63) is 29.0 Å². The van der Waals surface area contributed by atoms with Crippen LogP contribution in [0.4, 0.5) is 0 Å². The van der Waals surface area contributed by atoms with Crippen LogP contribution in [0.1, 0.15) is 16.9 Å². The predicted molar refractivity (Wildman–Crippen MR) is 93.5 cm³/mol. The number of methoxy groups -OCH3 is 1. The molecule has 1 amide bonds.